The first-order chi connectivity index (χ1) is 6.25. The Balaban J connectivity index is 4.48. The van der Waals surface area contributed by atoms with E-state index in [4.69, 9.17) is 8.85 Å². The van der Waals surface area contributed by atoms with Crippen LogP contribution in [0.15, 0.2) is 0 Å². The molecule has 0 heterocycles. The quantitative estimate of drug-likeness (QED) is 0.686. The predicted octanol–water partition coefficient (Wildman–Crippen LogP) is 1.21. The molecule has 0 N–H and O–H groups in total. The Morgan fingerprint density at radius 3 is 1.71 bits per heavy atom. The fourth-order valence-electron chi connectivity index (χ4n) is 1.45. The number of rotatable bonds is 4. The van der Waals surface area contributed by atoms with Crippen LogP contribution in [0.3, 0.4) is 0 Å². The van der Waals surface area contributed by atoms with Gasteiger partial charge in [-0.15, -0.1) is 0 Å². The van der Waals surface area contributed by atoms with Crippen molar-refractivity contribution in [2.24, 2.45) is 0 Å². The maximum Gasteiger partial charge on any atom is 0.457 e. The van der Waals surface area contributed by atoms with E-state index in [1.807, 2.05) is 0 Å². The molecule has 82 valence electrons. The highest BCUT2D eigenvalue weighted by molar-refractivity contribution is 6.82. The lowest BCUT2D eigenvalue weighted by molar-refractivity contribution is -0.138. The van der Waals surface area contributed by atoms with Gasteiger partial charge in [0.1, 0.15) is 0 Å². The van der Waals surface area contributed by atoms with Crippen molar-refractivity contribution in [2.75, 3.05) is 0 Å². The maximum absolute atomic E-state index is 10.9. The van der Waals surface area contributed by atoms with Crippen LogP contribution in [0, 0.1) is 0 Å². The monoisotopic (exact) mass is 234 g/mol. The van der Waals surface area contributed by atoms with E-state index in [2.05, 4.69) is 13.1 Å². The molecule has 0 atom stereocenters. The van der Waals surface area contributed by atoms with Gasteiger partial charge in [-0.3, -0.25) is 9.59 Å². The fraction of sp³-hybridized carbons (Fsp3) is 0.750. The van der Waals surface area contributed by atoms with Crippen LogP contribution in [0.5, 0.6) is 0 Å². The molecular formula is C8H18O4Si2. The molecule has 0 aromatic heterocycles. The average Bonchev–Trinajstić information content (AvgIpc) is 1.76. The first-order valence-electron chi connectivity index (χ1n) is 4.64. The summed E-state index contributed by atoms with van der Waals surface area (Å²) in [7, 11) is -3.48. The first kappa shape index (κ1) is 13.4. The van der Waals surface area contributed by atoms with E-state index in [9.17, 15) is 9.59 Å². The molecule has 0 aliphatic carbocycles. The predicted molar refractivity (Wildman–Crippen MR) is 58.8 cm³/mol. The second kappa shape index (κ2) is 5.30. The number of carbonyl (C=O) groups is 2. The van der Waals surface area contributed by atoms with Crippen LogP contribution < -0.4 is 0 Å². The molecule has 0 fully saturated rings. The zero-order valence-electron chi connectivity index (χ0n) is 9.42. The average molecular weight is 234 g/mol. The third-order valence-electron chi connectivity index (χ3n) is 1.50. The molecule has 0 amide bonds. The molecule has 0 aromatic carbocycles. The summed E-state index contributed by atoms with van der Waals surface area (Å²) in [5, 5.41) is 0. The van der Waals surface area contributed by atoms with Crippen LogP contribution in [0.4, 0.5) is 0 Å². The Bertz CT molecular complexity index is 211. The Labute approximate surface area is 87.4 Å². The second-order valence-corrected chi connectivity index (χ2v) is 11.0. The van der Waals surface area contributed by atoms with Gasteiger partial charge in [-0.25, -0.2) is 0 Å². The maximum atomic E-state index is 10.9. The smallest absolute Gasteiger partial charge is 0.457 e. The molecule has 0 saturated heterocycles. The van der Waals surface area contributed by atoms with Gasteiger partial charge in [-0.1, -0.05) is 13.1 Å². The lowest BCUT2D eigenvalue weighted by Gasteiger charge is -2.25. The Hall–Kier alpha value is -0.626. The molecule has 6 heteroatoms. The highest BCUT2D eigenvalue weighted by Gasteiger charge is 2.38. The van der Waals surface area contributed by atoms with Gasteiger partial charge in [0, 0.05) is 34.9 Å². The van der Waals surface area contributed by atoms with Crippen molar-refractivity contribution >= 4 is 29.3 Å². The van der Waals surface area contributed by atoms with Gasteiger partial charge >= 0.3 is 8.56 Å². The van der Waals surface area contributed by atoms with Crippen molar-refractivity contribution in [1.82, 2.24) is 0 Å². The molecule has 0 aliphatic rings. The SMILES string of the molecule is CC(=O)O[Si](C)(C[SiH](C)C)OC(C)=O. The van der Waals surface area contributed by atoms with Crippen molar-refractivity contribution in [3.8, 4) is 0 Å². The zero-order chi connectivity index (χ0) is 11.4. The summed E-state index contributed by atoms with van der Waals surface area (Å²) in [5.41, 5.74) is 0.770. The van der Waals surface area contributed by atoms with Crippen LogP contribution in [0.25, 0.3) is 0 Å². The van der Waals surface area contributed by atoms with Crippen molar-refractivity contribution in [3.05, 3.63) is 0 Å². The summed E-state index contributed by atoms with van der Waals surface area (Å²) in [6, 6.07) is 0. The van der Waals surface area contributed by atoms with Gasteiger partial charge in [0.2, 0.25) is 0 Å². The molecular weight excluding hydrogens is 216 g/mol. The van der Waals surface area contributed by atoms with Gasteiger partial charge in [-0.05, 0) is 0 Å². The molecule has 0 saturated carbocycles. The molecule has 14 heavy (non-hydrogen) atoms. The summed E-state index contributed by atoms with van der Waals surface area (Å²) in [6.07, 6.45) is 0. The van der Waals surface area contributed by atoms with Crippen LogP contribution in [0.2, 0.25) is 25.3 Å². The third-order valence-corrected chi connectivity index (χ3v) is 9.17. The Morgan fingerprint density at radius 1 is 1.14 bits per heavy atom. The van der Waals surface area contributed by atoms with E-state index in [0.29, 0.717) is 0 Å². The molecule has 0 bridgehead atoms. The number of hydrogen-bond acceptors (Lipinski definition) is 4. The molecule has 0 aromatic rings. The van der Waals surface area contributed by atoms with Crippen LogP contribution in [-0.4, -0.2) is 29.3 Å². The highest BCUT2D eigenvalue weighted by Crippen LogP contribution is 2.16. The third kappa shape index (κ3) is 5.92. The molecule has 0 radical (unpaired) electrons. The van der Waals surface area contributed by atoms with Crippen molar-refractivity contribution in [1.29, 1.82) is 0 Å². The minimum atomic E-state index is -2.58. The standard InChI is InChI=1S/C8H18O4Si2/c1-7(9)11-14(5,6-13(3)4)12-8(2)10/h13H,6H2,1-5H3. The van der Waals surface area contributed by atoms with Crippen LogP contribution in [0.1, 0.15) is 13.8 Å². The molecule has 0 aliphatic heterocycles. The van der Waals surface area contributed by atoms with Gasteiger partial charge in [0.05, 0.1) is 0 Å². The van der Waals surface area contributed by atoms with E-state index in [-0.39, 0.29) is 11.9 Å². The van der Waals surface area contributed by atoms with E-state index >= 15 is 0 Å². The number of carbonyl (C=O) groups excluding carboxylic acids is 2. The first-order valence-corrected chi connectivity index (χ1v) is 10.3. The van der Waals surface area contributed by atoms with E-state index in [0.717, 1.165) is 5.67 Å². The second-order valence-electron chi connectivity index (χ2n) is 3.92. The van der Waals surface area contributed by atoms with Crippen LogP contribution in [-0.2, 0) is 18.4 Å². The summed E-state index contributed by atoms with van der Waals surface area (Å²) in [4.78, 5) is 21.7. The summed E-state index contributed by atoms with van der Waals surface area (Å²) >= 11 is 0. The zero-order valence-corrected chi connectivity index (χ0v) is 11.6. The number of hydrogen-bond donors (Lipinski definition) is 0. The lowest BCUT2D eigenvalue weighted by atomic mass is 10.9. The fourth-order valence-corrected chi connectivity index (χ4v) is 9.31. The minimum Gasteiger partial charge on any atom is -0.485 e. The molecule has 0 rings (SSSR count). The van der Waals surface area contributed by atoms with Crippen molar-refractivity contribution in [3.63, 3.8) is 0 Å². The normalized spacial score (nSPS) is 11.3. The summed E-state index contributed by atoms with van der Waals surface area (Å²) in [5.74, 6) is -0.731. The van der Waals surface area contributed by atoms with Crippen molar-refractivity contribution in [2.45, 2.75) is 39.2 Å². The Kier molecular flexibility index (Phi) is 5.07. The van der Waals surface area contributed by atoms with Crippen molar-refractivity contribution < 1.29 is 18.4 Å². The van der Waals surface area contributed by atoms with Gasteiger partial charge < -0.3 is 8.85 Å². The summed E-state index contributed by atoms with van der Waals surface area (Å²) in [6.45, 7) is 8.73. The summed E-state index contributed by atoms with van der Waals surface area (Å²) < 4.78 is 10.3. The topological polar surface area (TPSA) is 52.6 Å². The van der Waals surface area contributed by atoms with Crippen LogP contribution >= 0.6 is 0 Å². The van der Waals surface area contributed by atoms with E-state index in [1.54, 1.807) is 6.55 Å². The minimum absolute atomic E-state index is 0.366. The lowest BCUT2D eigenvalue weighted by Crippen LogP contribution is -2.44. The highest BCUT2D eigenvalue weighted by atomic mass is 28.4. The largest absolute Gasteiger partial charge is 0.485 e. The van der Waals surface area contributed by atoms with E-state index in [1.165, 1.54) is 13.8 Å². The molecule has 4 nitrogen and oxygen atoms in total. The van der Waals surface area contributed by atoms with Gasteiger partial charge in [0.15, 0.2) is 0 Å². The molecule has 0 unspecified atom stereocenters. The molecule has 0 spiro atoms. The van der Waals surface area contributed by atoms with Gasteiger partial charge in [0.25, 0.3) is 11.9 Å². The van der Waals surface area contributed by atoms with E-state index < -0.39 is 17.4 Å². The van der Waals surface area contributed by atoms with Gasteiger partial charge in [-0.2, -0.15) is 0 Å². The Morgan fingerprint density at radius 2 is 1.50 bits per heavy atom.